The number of nitrogens with one attached hydrogen (secondary N) is 1. The van der Waals surface area contributed by atoms with E-state index in [4.69, 9.17) is 16.3 Å². The highest BCUT2D eigenvalue weighted by Gasteiger charge is 2.13. The summed E-state index contributed by atoms with van der Waals surface area (Å²) in [5, 5.41) is 2.73. The molecular weight excluding hydrogens is 396 g/mol. The second-order valence-electron chi connectivity index (χ2n) is 5.92. The Bertz CT molecular complexity index is 830. The predicted molar refractivity (Wildman–Crippen MR) is 115 cm³/mol. The molecule has 2 aromatic rings. The average molecular weight is 419 g/mol. The fraction of sp³-hybridized carbons (Fsp3) is 0.238. The van der Waals surface area contributed by atoms with Gasteiger partial charge in [-0.05, 0) is 35.9 Å². The number of hydrogen-bond acceptors (Lipinski definition) is 4. The summed E-state index contributed by atoms with van der Waals surface area (Å²) in [5.41, 5.74) is 0.888. The number of thiophene rings is 1. The summed E-state index contributed by atoms with van der Waals surface area (Å²) >= 11 is 7.39. The van der Waals surface area contributed by atoms with Gasteiger partial charge in [-0.25, -0.2) is 0 Å². The molecule has 0 fully saturated rings. The minimum Gasteiger partial charge on any atom is -0.497 e. The Kier molecular flexibility index (Phi) is 8.78. The maximum Gasteiger partial charge on any atom is 0.244 e. The monoisotopic (exact) mass is 418 g/mol. The third kappa shape index (κ3) is 7.21. The molecule has 0 atom stereocenters. The molecule has 0 saturated heterocycles. The second kappa shape index (κ2) is 11.3. The second-order valence-corrected chi connectivity index (χ2v) is 7.72. The van der Waals surface area contributed by atoms with Gasteiger partial charge in [0.2, 0.25) is 11.8 Å². The number of methoxy groups -OCH3 is 1. The van der Waals surface area contributed by atoms with Crippen molar-refractivity contribution in [3.05, 3.63) is 69.9 Å². The first kappa shape index (κ1) is 21.7. The van der Waals surface area contributed by atoms with Gasteiger partial charge in [0, 0.05) is 30.5 Å². The molecule has 1 N–H and O–H groups in total. The minimum atomic E-state index is -0.246. The van der Waals surface area contributed by atoms with Crippen molar-refractivity contribution in [2.24, 2.45) is 0 Å². The highest BCUT2D eigenvalue weighted by atomic mass is 35.5. The molecule has 28 heavy (non-hydrogen) atoms. The molecule has 1 heterocycles. The lowest BCUT2D eigenvalue weighted by Gasteiger charge is -2.20. The van der Waals surface area contributed by atoms with Crippen LogP contribution in [-0.2, 0) is 16.1 Å². The highest BCUT2D eigenvalue weighted by molar-refractivity contribution is 7.16. The first-order chi connectivity index (χ1) is 13.5. The van der Waals surface area contributed by atoms with Crippen molar-refractivity contribution in [1.29, 1.82) is 0 Å². The van der Waals surface area contributed by atoms with Gasteiger partial charge >= 0.3 is 0 Å². The van der Waals surface area contributed by atoms with E-state index < -0.39 is 0 Å². The molecular formula is C21H23ClN2O3S. The molecule has 0 unspecified atom stereocenters. The Labute approximate surface area is 174 Å². The molecule has 2 rings (SSSR count). The number of carbonyl (C=O) groups excluding carboxylic acids is 2. The zero-order valence-electron chi connectivity index (χ0n) is 15.7. The van der Waals surface area contributed by atoms with Gasteiger partial charge < -0.3 is 15.0 Å². The molecule has 0 aliphatic carbocycles. The van der Waals surface area contributed by atoms with Crippen molar-refractivity contribution < 1.29 is 14.3 Å². The van der Waals surface area contributed by atoms with Crippen LogP contribution in [0.3, 0.4) is 0 Å². The number of nitrogens with zero attached hydrogens (tertiary/aromatic N) is 1. The van der Waals surface area contributed by atoms with Crippen LogP contribution in [0.2, 0.25) is 4.34 Å². The number of halogens is 1. The van der Waals surface area contributed by atoms with Crippen molar-refractivity contribution >= 4 is 40.8 Å². The molecule has 0 radical (unpaired) electrons. The quantitative estimate of drug-likeness (QED) is 0.466. The summed E-state index contributed by atoms with van der Waals surface area (Å²) in [6.45, 7) is 4.89. The van der Waals surface area contributed by atoms with Gasteiger partial charge in [-0.15, -0.1) is 17.9 Å². The number of carbonyl (C=O) groups is 2. The molecule has 148 valence electrons. The maximum atomic E-state index is 12.4. The SMILES string of the molecule is C=CCN(Cc1ccc(Cl)s1)C(=O)CCNC(=O)/C=C/c1ccc(OC)cc1. The molecule has 1 aromatic carbocycles. The summed E-state index contributed by atoms with van der Waals surface area (Å²) < 4.78 is 5.79. The Hall–Kier alpha value is -2.57. The molecule has 0 saturated carbocycles. The number of benzene rings is 1. The van der Waals surface area contributed by atoms with E-state index in [-0.39, 0.29) is 24.8 Å². The third-order valence-corrected chi connectivity index (χ3v) is 5.07. The standard InChI is InChI=1S/C21H23ClN2O3S/c1-3-14-24(15-18-9-10-19(22)28-18)21(26)12-13-23-20(25)11-6-16-4-7-17(27-2)8-5-16/h3-11H,1,12-15H2,2H3,(H,23,25)/b11-6+. The van der Waals surface area contributed by atoms with E-state index in [0.29, 0.717) is 17.4 Å². The first-order valence-corrected chi connectivity index (χ1v) is 9.94. The van der Waals surface area contributed by atoms with Crippen LogP contribution in [0.5, 0.6) is 5.75 Å². The summed E-state index contributed by atoms with van der Waals surface area (Å²) in [6.07, 6.45) is 5.06. The van der Waals surface area contributed by atoms with E-state index in [0.717, 1.165) is 16.2 Å². The lowest BCUT2D eigenvalue weighted by molar-refractivity contribution is -0.131. The maximum absolute atomic E-state index is 12.4. The molecule has 7 heteroatoms. The Morgan fingerprint density at radius 3 is 2.61 bits per heavy atom. The number of ether oxygens (including phenoxy) is 1. The largest absolute Gasteiger partial charge is 0.497 e. The summed E-state index contributed by atoms with van der Waals surface area (Å²) in [6, 6.07) is 11.1. The van der Waals surface area contributed by atoms with Gasteiger partial charge in [-0.1, -0.05) is 29.8 Å². The van der Waals surface area contributed by atoms with Crippen LogP contribution in [0.15, 0.2) is 55.1 Å². The summed E-state index contributed by atoms with van der Waals surface area (Å²) in [4.78, 5) is 27.1. The van der Waals surface area contributed by atoms with Crippen LogP contribution < -0.4 is 10.1 Å². The van der Waals surface area contributed by atoms with Crippen LogP contribution in [0.25, 0.3) is 6.08 Å². The van der Waals surface area contributed by atoms with Gasteiger partial charge in [-0.2, -0.15) is 0 Å². The van der Waals surface area contributed by atoms with Crippen LogP contribution >= 0.6 is 22.9 Å². The van der Waals surface area contributed by atoms with E-state index in [2.05, 4.69) is 11.9 Å². The Balaban J connectivity index is 1.79. The van der Waals surface area contributed by atoms with E-state index in [9.17, 15) is 9.59 Å². The van der Waals surface area contributed by atoms with Gasteiger partial charge in [0.05, 0.1) is 18.0 Å². The molecule has 5 nitrogen and oxygen atoms in total. The van der Waals surface area contributed by atoms with Gasteiger partial charge in [0.25, 0.3) is 0 Å². The number of amides is 2. The van der Waals surface area contributed by atoms with E-state index in [1.54, 1.807) is 24.2 Å². The average Bonchev–Trinajstić information content (AvgIpc) is 3.11. The molecule has 2 amide bonds. The topological polar surface area (TPSA) is 58.6 Å². The Morgan fingerprint density at radius 2 is 2.00 bits per heavy atom. The van der Waals surface area contributed by atoms with Crippen molar-refractivity contribution in [3.8, 4) is 5.75 Å². The molecule has 0 aliphatic rings. The highest BCUT2D eigenvalue weighted by Crippen LogP contribution is 2.22. The van der Waals surface area contributed by atoms with E-state index >= 15 is 0 Å². The first-order valence-electron chi connectivity index (χ1n) is 8.74. The fourth-order valence-corrected chi connectivity index (χ4v) is 3.54. The van der Waals surface area contributed by atoms with Crippen LogP contribution in [0.1, 0.15) is 16.9 Å². The molecule has 0 bridgehead atoms. The fourth-order valence-electron chi connectivity index (χ4n) is 2.43. The van der Waals surface area contributed by atoms with Crippen molar-refractivity contribution in [2.75, 3.05) is 20.2 Å². The molecule has 0 spiro atoms. The van der Waals surface area contributed by atoms with Crippen LogP contribution in [-0.4, -0.2) is 36.9 Å². The zero-order chi connectivity index (χ0) is 20.4. The van der Waals surface area contributed by atoms with Gasteiger partial charge in [0.15, 0.2) is 0 Å². The third-order valence-electron chi connectivity index (χ3n) is 3.86. The summed E-state index contributed by atoms with van der Waals surface area (Å²) in [5.74, 6) is 0.460. The lowest BCUT2D eigenvalue weighted by Crippen LogP contribution is -2.33. The van der Waals surface area contributed by atoms with Crippen molar-refractivity contribution in [1.82, 2.24) is 10.2 Å². The van der Waals surface area contributed by atoms with Crippen LogP contribution in [0, 0.1) is 0 Å². The van der Waals surface area contributed by atoms with E-state index in [1.165, 1.54) is 17.4 Å². The number of hydrogen-bond donors (Lipinski definition) is 1. The minimum absolute atomic E-state index is 0.0520. The van der Waals surface area contributed by atoms with Gasteiger partial charge in [0.1, 0.15) is 5.75 Å². The summed E-state index contributed by atoms with van der Waals surface area (Å²) in [7, 11) is 1.60. The number of rotatable bonds is 10. The molecule has 0 aliphatic heterocycles. The lowest BCUT2D eigenvalue weighted by atomic mass is 10.2. The Morgan fingerprint density at radius 1 is 1.25 bits per heavy atom. The predicted octanol–water partition coefficient (Wildman–Crippen LogP) is 4.14. The zero-order valence-corrected chi connectivity index (χ0v) is 17.3. The van der Waals surface area contributed by atoms with Crippen LogP contribution in [0.4, 0.5) is 0 Å². The van der Waals surface area contributed by atoms with Crippen molar-refractivity contribution in [3.63, 3.8) is 0 Å². The van der Waals surface area contributed by atoms with E-state index in [1.807, 2.05) is 36.4 Å². The van der Waals surface area contributed by atoms with Crippen molar-refractivity contribution in [2.45, 2.75) is 13.0 Å². The molecule has 1 aromatic heterocycles. The van der Waals surface area contributed by atoms with Gasteiger partial charge in [-0.3, -0.25) is 9.59 Å². The smallest absolute Gasteiger partial charge is 0.244 e. The normalized spacial score (nSPS) is 10.6.